The summed E-state index contributed by atoms with van der Waals surface area (Å²) < 4.78 is 6.28. The van der Waals surface area contributed by atoms with Crippen LogP contribution in [0.5, 0.6) is 28.7 Å². The van der Waals surface area contributed by atoms with Gasteiger partial charge in [0.05, 0.1) is 31.6 Å². The number of phenolic OH excluding ortho intramolecular Hbond substituents is 3. The van der Waals surface area contributed by atoms with E-state index in [4.69, 9.17) is 56.9 Å². The highest BCUT2D eigenvalue weighted by atomic mass is 35.5. The molecule has 334 valence electrons. The molecule has 5 atom stereocenters. The van der Waals surface area contributed by atoms with E-state index in [1.165, 1.54) is 43.4 Å². The van der Waals surface area contributed by atoms with Crippen LogP contribution in [0.25, 0.3) is 22.0 Å². The molecule has 6 aromatic rings. The minimum atomic E-state index is -1.85. The number of phenols is 3. The Labute approximate surface area is 388 Å². The van der Waals surface area contributed by atoms with E-state index in [9.17, 15) is 39.6 Å². The first kappa shape index (κ1) is 44.9. The summed E-state index contributed by atoms with van der Waals surface area (Å²) in [5.41, 5.74) is 8.46. The fourth-order valence-electron chi connectivity index (χ4n) is 7.90. The molecule has 16 nitrogen and oxygen atoms in total. The van der Waals surface area contributed by atoms with Crippen LogP contribution in [0.2, 0.25) is 20.1 Å². The fraction of sp³-hybridized carbons (Fsp3) is 0.178. The summed E-state index contributed by atoms with van der Waals surface area (Å²) >= 11 is 25.3. The van der Waals surface area contributed by atoms with E-state index >= 15 is 4.79 Å². The molecule has 0 saturated heterocycles. The lowest BCUT2D eigenvalue weighted by Crippen LogP contribution is -2.52. The second kappa shape index (κ2) is 17.7. The molecule has 3 aliphatic heterocycles. The van der Waals surface area contributed by atoms with Gasteiger partial charge < -0.3 is 56.7 Å². The van der Waals surface area contributed by atoms with E-state index in [1.54, 1.807) is 36.5 Å². The summed E-state index contributed by atoms with van der Waals surface area (Å²) in [5.74, 6) is -6.73. The zero-order valence-electron chi connectivity index (χ0n) is 33.7. The molecule has 9 rings (SSSR count). The van der Waals surface area contributed by atoms with Gasteiger partial charge in [0.25, 0.3) is 0 Å². The minimum Gasteiger partial charge on any atom is -0.505 e. The number of hydrogen-bond donors (Lipinski definition) is 9. The highest BCUT2D eigenvalue weighted by Gasteiger charge is 2.38. The Bertz CT molecular complexity index is 2920. The predicted molar refractivity (Wildman–Crippen MR) is 240 cm³/mol. The molecule has 0 saturated carbocycles. The fourth-order valence-corrected chi connectivity index (χ4v) is 8.91. The number of aromatic amines is 1. The number of nitrogens with one attached hydrogen (secondary N) is 4. The van der Waals surface area contributed by atoms with Gasteiger partial charge in [0.1, 0.15) is 29.9 Å². The molecule has 20 heteroatoms. The number of carboxylic acid groups (broad SMARTS) is 1. The van der Waals surface area contributed by atoms with E-state index in [0.29, 0.717) is 27.6 Å². The molecule has 0 spiro atoms. The molecule has 4 heterocycles. The van der Waals surface area contributed by atoms with Gasteiger partial charge in [0.2, 0.25) is 23.6 Å². The standard InChI is InChI=1S/C45H36Cl4N6O10/c1-55-32(45(63)64)9-18-5-7-23(8-6-18)65-33-16-19-10-26(38(33)56)25-4-2-3-24-22(17-51-37(24)25)15-31(50)41(59)52-35(20-11-27(46)39(57)28(47)12-20)42(60)53-34(19)43(61)54-36(44(55)62)21-13-29(48)40(58)30(49)14-21/h2-8,10-14,16-17,31-32,34-36,51,56-58H,9,15,50H2,1H3,(H,52,59)(H,53,60)(H,54,61)(H,63,64)/t31-,32-,34+,35-,36+/m0/s1. The van der Waals surface area contributed by atoms with Gasteiger partial charge in [-0.3, -0.25) is 19.2 Å². The highest BCUT2D eigenvalue weighted by Crippen LogP contribution is 2.45. The van der Waals surface area contributed by atoms with Gasteiger partial charge in [0.15, 0.2) is 23.0 Å². The maximum Gasteiger partial charge on any atom is 0.326 e. The van der Waals surface area contributed by atoms with Crippen LogP contribution in [-0.2, 0) is 36.8 Å². The summed E-state index contributed by atoms with van der Waals surface area (Å²) in [5, 5.41) is 50.7. The smallest absolute Gasteiger partial charge is 0.326 e. The number of aromatic hydroxyl groups is 3. The number of halogens is 4. The van der Waals surface area contributed by atoms with Crippen molar-refractivity contribution in [2.75, 3.05) is 7.05 Å². The number of hydrogen-bond acceptors (Lipinski definition) is 10. The third kappa shape index (κ3) is 8.66. The molecule has 0 radical (unpaired) electrons. The van der Waals surface area contributed by atoms with Crippen LogP contribution in [0.1, 0.15) is 45.9 Å². The number of aliphatic carboxylic acids is 1. The Morgan fingerprint density at radius 3 is 1.82 bits per heavy atom. The van der Waals surface area contributed by atoms with Gasteiger partial charge in [-0.1, -0.05) is 76.7 Å². The average Bonchev–Trinajstić information content (AvgIpc) is 3.68. The van der Waals surface area contributed by atoms with Gasteiger partial charge in [0, 0.05) is 36.2 Å². The van der Waals surface area contributed by atoms with Crippen molar-refractivity contribution in [3.63, 3.8) is 0 Å². The number of carboxylic acids is 1. The van der Waals surface area contributed by atoms with E-state index < -0.39 is 71.3 Å². The van der Waals surface area contributed by atoms with Crippen molar-refractivity contribution in [2.24, 2.45) is 5.73 Å². The number of aromatic nitrogens is 1. The first-order chi connectivity index (χ1) is 30.9. The van der Waals surface area contributed by atoms with Crippen LogP contribution >= 0.6 is 46.4 Å². The molecule has 0 fully saturated rings. The molecular formula is C45H36Cl4N6O10. The molecule has 5 aromatic carbocycles. The third-order valence-electron chi connectivity index (χ3n) is 11.4. The van der Waals surface area contributed by atoms with Crippen LogP contribution in [0, 0.1) is 0 Å². The number of likely N-dealkylation sites (N-methyl/N-ethyl adjacent to an activating group) is 1. The second-order valence-corrected chi connectivity index (χ2v) is 17.1. The van der Waals surface area contributed by atoms with Crippen molar-refractivity contribution >= 4 is 86.9 Å². The van der Waals surface area contributed by atoms with Gasteiger partial charge in [-0.25, -0.2) is 4.79 Å². The summed E-state index contributed by atoms with van der Waals surface area (Å²) in [6.07, 6.45) is 1.42. The van der Waals surface area contributed by atoms with Gasteiger partial charge in [-0.05, 0) is 82.8 Å². The number of H-pyrrole nitrogens is 1. The SMILES string of the molecule is CN1C(=O)[C@@H](c2cc(Cl)c(O)c(Cl)c2)NC(=O)[C@@H]2NC(=O)[C@H](c3cc(Cl)c(O)c(Cl)c3)NC(=O)[C@@H](N)Cc3c[nH]c4c(cccc34)-c3cc2cc(c3O)Oc2ccc(cc2)C[C@H]1C(=O)O. The van der Waals surface area contributed by atoms with Crippen LogP contribution in [0.3, 0.4) is 0 Å². The Hall–Kier alpha value is -6.69. The van der Waals surface area contributed by atoms with Crippen molar-refractivity contribution in [1.82, 2.24) is 25.8 Å². The first-order valence-electron chi connectivity index (χ1n) is 19.6. The normalized spacial score (nSPS) is 20.5. The molecule has 1 aromatic heterocycles. The summed E-state index contributed by atoms with van der Waals surface area (Å²) in [6, 6.07) is 10.8. The van der Waals surface area contributed by atoms with Crippen LogP contribution < -0.4 is 26.4 Å². The number of fused-ring (bicyclic) bond motifs is 10. The molecule has 9 bridgehead atoms. The number of nitrogens with two attached hydrogens (primary N) is 1. The molecule has 0 unspecified atom stereocenters. The maximum absolute atomic E-state index is 15.2. The summed E-state index contributed by atoms with van der Waals surface area (Å²) in [4.78, 5) is 75.5. The van der Waals surface area contributed by atoms with E-state index in [0.717, 1.165) is 17.0 Å². The number of para-hydroxylation sites is 1. The van der Waals surface area contributed by atoms with E-state index in [2.05, 4.69) is 20.9 Å². The number of rotatable bonds is 3. The largest absolute Gasteiger partial charge is 0.505 e. The minimum absolute atomic E-state index is 0.0278. The van der Waals surface area contributed by atoms with Gasteiger partial charge in [-0.15, -0.1) is 0 Å². The van der Waals surface area contributed by atoms with Crippen molar-refractivity contribution in [1.29, 1.82) is 0 Å². The monoisotopic (exact) mass is 960 g/mol. The van der Waals surface area contributed by atoms with Crippen LogP contribution in [-0.4, -0.2) is 79.0 Å². The van der Waals surface area contributed by atoms with E-state index in [-0.39, 0.29) is 72.4 Å². The Morgan fingerprint density at radius 2 is 1.23 bits per heavy atom. The lowest BCUT2D eigenvalue weighted by atomic mass is 9.94. The molecule has 4 amide bonds. The predicted octanol–water partition coefficient (Wildman–Crippen LogP) is 6.58. The van der Waals surface area contributed by atoms with Crippen molar-refractivity contribution < 1.29 is 49.1 Å². The molecule has 65 heavy (non-hydrogen) atoms. The highest BCUT2D eigenvalue weighted by molar-refractivity contribution is 6.37. The lowest BCUT2D eigenvalue weighted by molar-refractivity contribution is -0.150. The Kier molecular flexibility index (Phi) is 12.2. The Balaban J connectivity index is 1.40. The third-order valence-corrected chi connectivity index (χ3v) is 12.5. The van der Waals surface area contributed by atoms with Crippen molar-refractivity contribution in [3.8, 4) is 39.9 Å². The number of ether oxygens (including phenoxy) is 1. The number of amides is 4. The summed E-state index contributed by atoms with van der Waals surface area (Å²) in [6.45, 7) is 0. The molecule has 10 N–H and O–H groups in total. The number of carbonyl (C=O) groups is 5. The van der Waals surface area contributed by atoms with Crippen LogP contribution in [0.15, 0.2) is 85.1 Å². The Morgan fingerprint density at radius 1 is 0.692 bits per heavy atom. The number of benzene rings is 5. The zero-order chi connectivity index (χ0) is 46.6. The summed E-state index contributed by atoms with van der Waals surface area (Å²) in [7, 11) is 1.23. The topological polar surface area (TPSA) is 257 Å². The van der Waals surface area contributed by atoms with Gasteiger partial charge in [-0.2, -0.15) is 0 Å². The van der Waals surface area contributed by atoms with Crippen LogP contribution in [0.4, 0.5) is 0 Å². The number of carbonyl (C=O) groups excluding carboxylic acids is 4. The lowest BCUT2D eigenvalue weighted by Gasteiger charge is -2.31. The zero-order valence-corrected chi connectivity index (χ0v) is 36.7. The molecule has 3 aliphatic rings. The molecule has 0 aliphatic carbocycles. The van der Waals surface area contributed by atoms with Crippen molar-refractivity contribution in [3.05, 3.63) is 133 Å². The maximum atomic E-state index is 15.2. The molecular weight excluding hydrogens is 926 g/mol. The first-order valence-corrected chi connectivity index (χ1v) is 21.2. The average molecular weight is 963 g/mol. The van der Waals surface area contributed by atoms with E-state index in [1.807, 2.05) is 0 Å². The second-order valence-electron chi connectivity index (χ2n) is 15.5. The van der Waals surface area contributed by atoms with Gasteiger partial charge >= 0.3 is 5.97 Å². The van der Waals surface area contributed by atoms with Crippen molar-refractivity contribution in [2.45, 2.75) is 43.1 Å². The number of nitrogens with zero attached hydrogens (tertiary/aromatic N) is 1. The quantitative estimate of drug-likeness (QED) is 0.0916.